The summed E-state index contributed by atoms with van der Waals surface area (Å²) in [5, 5.41) is 0. The van der Waals surface area contributed by atoms with Crippen molar-refractivity contribution in [1.82, 2.24) is 9.38 Å². The topological polar surface area (TPSA) is 52.8 Å². The van der Waals surface area contributed by atoms with E-state index in [1.807, 2.05) is 45.2 Å². The first-order valence-electron chi connectivity index (χ1n) is 8.48. The van der Waals surface area contributed by atoms with Gasteiger partial charge in [0.05, 0.1) is 29.1 Å². The number of allylic oxidation sites excluding steroid dienone is 1. The quantitative estimate of drug-likeness (QED) is 0.436. The summed E-state index contributed by atoms with van der Waals surface area (Å²) in [7, 11) is -3.32. The van der Waals surface area contributed by atoms with Crippen molar-refractivity contribution in [2.75, 3.05) is 19.5 Å². The molecule has 3 aromatic rings. The summed E-state index contributed by atoms with van der Waals surface area (Å²) in [6.45, 7) is 8.39. The number of aromatic nitrogens is 2. The first-order valence-corrected chi connectivity index (χ1v) is 12.1. The van der Waals surface area contributed by atoms with Gasteiger partial charge in [-0.25, -0.2) is 4.98 Å². The minimum absolute atomic E-state index is 0.339. The second-order valence-electron chi connectivity index (χ2n) is 5.70. The normalized spacial score (nSPS) is 13.6. The molecule has 2 aromatic heterocycles. The highest BCUT2D eigenvalue weighted by Crippen LogP contribution is 2.62. The van der Waals surface area contributed by atoms with Crippen LogP contribution in [0.4, 0.5) is 0 Å². The largest absolute Gasteiger partial charge is 0.367 e. The number of hydrogen-bond donors (Lipinski definition) is 0. The molecule has 1 aromatic carbocycles. The molecule has 0 radical (unpaired) electrons. The van der Waals surface area contributed by atoms with Gasteiger partial charge in [-0.2, -0.15) is 0 Å². The second kappa shape index (κ2) is 7.87. The zero-order valence-corrected chi connectivity index (χ0v) is 18.1. The van der Waals surface area contributed by atoms with Crippen LogP contribution >= 0.6 is 30.7 Å². The zero-order chi connectivity index (χ0) is 18.9. The number of fused-ring (bicyclic) bond motifs is 3. The third-order valence-corrected chi connectivity index (χ3v) is 9.29. The Labute approximate surface area is 161 Å². The van der Waals surface area contributed by atoms with Gasteiger partial charge in [0, 0.05) is 5.69 Å². The summed E-state index contributed by atoms with van der Waals surface area (Å²) < 4.78 is 27.3. The Morgan fingerprint density at radius 1 is 1.27 bits per heavy atom. The highest BCUT2D eigenvalue weighted by atomic mass is 32.2. The molecule has 0 aliphatic carbocycles. The lowest BCUT2D eigenvalue weighted by atomic mass is 10.2. The molecule has 0 saturated heterocycles. The maximum Gasteiger partial charge on any atom is 0.367 e. The van der Waals surface area contributed by atoms with E-state index in [1.165, 1.54) is 11.8 Å². The predicted octanol–water partition coefficient (Wildman–Crippen LogP) is 6.18. The number of nitrogens with zero attached hydrogens (tertiary/aromatic N) is 2. The van der Waals surface area contributed by atoms with Gasteiger partial charge in [0.1, 0.15) is 4.65 Å². The van der Waals surface area contributed by atoms with Crippen LogP contribution in [-0.4, -0.2) is 28.9 Å². The third-order valence-electron chi connectivity index (χ3n) is 4.09. The van der Waals surface area contributed by atoms with Crippen molar-refractivity contribution in [3.8, 4) is 0 Å². The third kappa shape index (κ3) is 3.27. The van der Waals surface area contributed by atoms with E-state index in [4.69, 9.17) is 14.0 Å². The molecule has 3 rings (SSSR count). The summed E-state index contributed by atoms with van der Waals surface area (Å²) in [5.74, 6) is 0. The first kappa shape index (κ1) is 19.6. The number of thioether (sulfide) groups is 1. The van der Waals surface area contributed by atoms with Gasteiger partial charge in [0.15, 0.2) is 4.96 Å². The molecule has 0 atom stereocenters. The van der Waals surface area contributed by atoms with Gasteiger partial charge in [0.25, 0.3) is 0 Å². The van der Waals surface area contributed by atoms with E-state index in [1.54, 1.807) is 11.3 Å². The fraction of sp³-hybridized carbons (Fsp3) is 0.389. The average molecular weight is 411 g/mol. The van der Waals surface area contributed by atoms with Gasteiger partial charge in [-0.05, 0) is 51.7 Å². The maximum absolute atomic E-state index is 13.3. The maximum atomic E-state index is 13.3. The van der Waals surface area contributed by atoms with Crippen LogP contribution in [0.25, 0.3) is 21.6 Å². The summed E-state index contributed by atoms with van der Waals surface area (Å²) in [6.07, 6.45) is 1.91. The molecule has 0 aliphatic heterocycles. The second-order valence-corrected chi connectivity index (χ2v) is 9.76. The van der Waals surface area contributed by atoms with Gasteiger partial charge < -0.3 is 9.05 Å². The summed E-state index contributed by atoms with van der Waals surface area (Å²) in [4.78, 5) is 6.71. The predicted molar refractivity (Wildman–Crippen MR) is 112 cm³/mol. The summed E-state index contributed by atoms with van der Waals surface area (Å²) in [6, 6.07) is 8.09. The van der Waals surface area contributed by atoms with Crippen LogP contribution in [0, 0.1) is 6.92 Å². The Hall–Kier alpha value is -1.11. The Morgan fingerprint density at radius 2 is 1.92 bits per heavy atom. The van der Waals surface area contributed by atoms with Gasteiger partial charge in [0.2, 0.25) is 0 Å². The van der Waals surface area contributed by atoms with Crippen molar-refractivity contribution < 1.29 is 13.6 Å². The van der Waals surface area contributed by atoms with E-state index in [2.05, 4.69) is 17.4 Å². The molecule has 26 heavy (non-hydrogen) atoms. The lowest BCUT2D eigenvalue weighted by molar-refractivity contribution is 0.228. The number of hydrogen-bond acceptors (Lipinski definition) is 6. The molecule has 0 amide bonds. The number of thiazole rings is 1. The molecule has 0 bridgehead atoms. The molecule has 0 saturated carbocycles. The smallest absolute Gasteiger partial charge is 0.305 e. The standard InChI is InChI=1S/C18H23N2O3PS2/c1-6-22-24(21,23-7-2)17(25-5)12(3)16-13(4)20-15-11-9-8-10-14(15)19-18(20)26-16/h8-11H,6-7H2,1-5H3/b17-12-. The molecule has 0 spiro atoms. The Balaban J connectivity index is 2.21. The van der Waals surface area contributed by atoms with Gasteiger partial charge >= 0.3 is 7.60 Å². The fourth-order valence-corrected chi connectivity index (χ4v) is 7.49. The van der Waals surface area contributed by atoms with Crippen molar-refractivity contribution in [3.05, 3.63) is 39.5 Å². The lowest BCUT2D eigenvalue weighted by Crippen LogP contribution is -1.99. The molecule has 0 N–H and O–H groups in total. The summed E-state index contributed by atoms with van der Waals surface area (Å²) >= 11 is 3.03. The molecular formula is C18H23N2O3PS2. The van der Waals surface area contributed by atoms with Crippen LogP contribution in [0.15, 0.2) is 28.9 Å². The highest BCUT2D eigenvalue weighted by Gasteiger charge is 2.32. The van der Waals surface area contributed by atoms with Crippen LogP contribution in [0.2, 0.25) is 0 Å². The molecule has 5 nitrogen and oxygen atoms in total. The van der Waals surface area contributed by atoms with Crippen LogP contribution < -0.4 is 0 Å². The van der Waals surface area contributed by atoms with Gasteiger partial charge in [-0.3, -0.25) is 8.97 Å². The van der Waals surface area contributed by atoms with Crippen molar-refractivity contribution in [3.63, 3.8) is 0 Å². The van der Waals surface area contributed by atoms with Crippen LogP contribution in [0.5, 0.6) is 0 Å². The van der Waals surface area contributed by atoms with Crippen molar-refractivity contribution in [1.29, 1.82) is 0 Å². The van der Waals surface area contributed by atoms with E-state index in [9.17, 15) is 4.57 Å². The van der Waals surface area contributed by atoms with Crippen molar-refractivity contribution >= 4 is 52.3 Å². The molecule has 0 aliphatic rings. The molecule has 0 unspecified atom stereocenters. The average Bonchev–Trinajstić information content (AvgIpc) is 3.12. The molecule has 140 valence electrons. The minimum atomic E-state index is -3.32. The lowest BCUT2D eigenvalue weighted by Gasteiger charge is -2.20. The highest BCUT2D eigenvalue weighted by molar-refractivity contribution is 8.09. The van der Waals surface area contributed by atoms with Crippen LogP contribution in [-0.2, 0) is 13.6 Å². The van der Waals surface area contributed by atoms with Crippen LogP contribution in [0.3, 0.4) is 0 Å². The molecular weight excluding hydrogens is 387 g/mol. The van der Waals surface area contributed by atoms with Gasteiger partial charge in [-0.15, -0.1) is 11.8 Å². The molecule has 2 heterocycles. The zero-order valence-electron chi connectivity index (χ0n) is 15.6. The van der Waals surface area contributed by atoms with Crippen molar-refractivity contribution in [2.24, 2.45) is 0 Å². The molecule has 8 heteroatoms. The Kier molecular flexibility index (Phi) is 5.94. The van der Waals surface area contributed by atoms with E-state index in [0.29, 0.717) is 17.9 Å². The van der Waals surface area contributed by atoms with E-state index < -0.39 is 7.60 Å². The number of aryl methyl sites for hydroxylation is 1. The molecule has 0 fully saturated rings. The Bertz CT molecular complexity index is 1010. The number of para-hydroxylation sites is 2. The SMILES string of the molecule is CCOP(=O)(OCC)/C(SC)=C(\C)c1sc2nc3ccccc3n2c1C. The van der Waals surface area contributed by atoms with E-state index in [0.717, 1.165) is 32.1 Å². The monoisotopic (exact) mass is 410 g/mol. The van der Waals surface area contributed by atoms with Crippen molar-refractivity contribution in [2.45, 2.75) is 27.7 Å². The van der Waals surface area contributed by atoms with E-state index >= 15 is 0 Å². The summed E-state index contributed by atoms with van der Waals surface area (Å²) in [5.41, 5.74) is 4.08. The number of rotatable bonds is 7. The minimum Gasteiger partial charge on any atom is -0.305 e. The Morgan fingerprint density at radius 3 is 2.54 bits per heavy atom. The van der Waals surface area contributed by atoms with Gasteiger partial charge in [-0.1, -0.05) is 23.5 Å². The number of benzene rings is 1. The number of imidazole rings is 1. The van der Waals surface area contributed by atoms with E-state index in [-0.39, 0.29) is 0 Å². The first-order chi connectivity index (χ1) is 12.5. The van der Waals surface area contributed by atoms with Crippen LogP contribution in [0.1, 0.15) is 31.3 Å². The fourth-order valence-electron chi connectivity index (χ4n) is 3.07.